The van der Waals surface area contributed by atoms with Gasteiger partial charge in [-0.1, -0.05) is 25.0 Å². The van der Waals surface area contributed by atoms with Gasteiger partial charge in [0.25, 0.3) is 5.91 Å². The molecular weight excluding hydrogens is 394 g/mol. The molecule has 0 bridgehead atoms. The summed E-state index contributed by atoms with van der Waals surface area (Å²) in [6.45, 7) is 4.52. The van der Waals surface area contributed by atoms with Gasteiger partial charge < -0.3 is 15.0 Å². The maximum Gasteiger partial charge on any atom is 0.259 e. The third kappa shape index (κ3) is 5.19. The number of hydrogen-bond acceptors (Lipinski definition) is 5. The molecule has 1 fully saturated rings. The van der Waals surface area contributed by atoms with E-state index in [0.717, 1.165) is 29.5 Å². The zero-order valence-electron chi connectivity index (χ0n) is 17.3. The van der Waals surface area contributed by atoms with Crippen LogP contribution >= 0.6 is 11.3 Å². The number of benzene rings is 2. The Hall–Kier alpha value is -2.86. The van der Waals surface area contributed by atoms with Crippen LogP contribution in [0.1, 0.15) is 46.7 Å². The van der Waals surface area contributed by atoms with Gasteiger partial charge in [0, 0.05) is 29.8 Å². The second kappa shape index (κ2) is 9.76. The minimum absolute atomic E-state index is 0.178. The molecule has 156 valence electrons. The molecule has 2 heterocycles. The SMILES string of the molecule is Cc1nc(COc2ccccc2C(=O)Nc2ccc(N3CCCCCC3)cc2)cs1. The average molecular weight is 422 g/mol. The maximum absolute atomic E-state index is 12.9. The molecule has 1 aromatic heterocycles. The third-order valence-electron chi connectivity index (χ3n) is 5.27. The van der Waals surface area contributed by atoms with Gasteiger partial charge in [-0.25, -0.2) is 4.98 Å². The number of ether oxygens (including phenoxy) is 1. The van der Waals surface area contributed by atoms with Gasteiger partial charge >= 0.3 is 0 Å². The first-order chi connectivity index (χ1) is 14.7. The summed E-state index contributed by atoms with van der Waals surface area (Å²) in [4.78, 5) is 19.7. The fourth-order valence-corrected chi connectivity index (χ4v) is 4.29. The molecule has 3 aromatic rings. The van der Waals surface area contributed by atoms with E-state index in [4.69, 9.17) is 4.74 Å². The first-order valence-electron chi connectivity index (χ1n) is 10.5. The summed E-state index contributed by atoms with van der Waals surface area (Å²) >= 11 is 1.59. The molecular formula is C24H27N3O2S. The first kappa shape index (κ1) is 20.4. The molecule has 0 aliphatic carbocycles. The summed E-state index contributed by atoms with van der Waals surface area (Å²) in [6, 6.07) is 15.4. The molecule has 4 rings (SSSR count). The molecule has 0 spiro atoms. The van der Waals surface area contributed by atoms with Crippen LogP contribution in [0.15, 0.2) is 53.9 Å². The highest BCUT2D eigenvalue weighted by Gasteiger charge is 2.14. The molecule has 0 radical (unpaired) electrons. The molecule has 1 amide bonds. The van der Waals surface area contributed by atoms with E-state index < -0.39 is 0 Å². The molecule has 0 atom stereocenters. The van der Waals surface area contributed by atoms with Crippen LogP contribution in [0.3, 0.4) is 0 Å². The predicted molar refractivity (Wildman–Crippen MR) is 123 cm³/mol. The number of carbonyl (C=O) groups excluding carboxylic acids is 1. The lowest BCUT2D eigenvalue weighted by Gasteiger charge is -2.22. The van der Waals surface area contributed by atoms with Crippen molar-refractivity contribution >= 4 is 28.6 Å². The van der Waals surface area contributed by atoms with Crippen molar-refractivity contribution in [2.75, 3.05) is 23.3 Å². The Morgan fingerprint density at radius 2 is 1.80 bits per heavy atom. The standard InChI is InChI=1S/C24H27N3O2S/c1-18-25-20(17-30-18)16-29-23-9-5-4-8-22(23)24(28)26-19-10-12-21(13-11-19)27-14-6-2-3-7-15-27/h4-5,8-13,17H,2-3,6-7,14-16H2,1H3,(H,26,28). The molecule has 2 aromatic carbocycles. The Kier molecular flexibility index (Phi) is 6.64. The lowest BCUT2D eigenvalue weighted by atomic mass is 10.1. The van der Waals surface area contributed by atoms with Crippen molar-refractivity contribution in [2.24, 2.45) is 0 Å². The largest absolute Gasteiger partial charge is 0.486 e. The summed E-state index contributed by atoms with van der Waals surface area (Å²) in [5.41, 5.74) is 3.39. The number of nitrogens with zero attached hydrogens (tertiary/aromatic N) is 2. The molecule has 1 N–H and O–H groups in total. The number of nitrogens with one attached hydrogen (secondary N) is 1. The van der Waals surface area contributed by atoms with E-state index in [1.165, 1.54) is 31.4 Å². The number of aromatic nitrogens is 1. The summed E-state index contributed by atoms with van der Waals surface area (Å²) in [7, 11) is 0. The Morgan fingerprint density at radius 3 is 2.50 bits per heavy atom. The van der Waals surface area contributed by atoms with Gasteiger partial charge in [-0.15, -0.1) is 11.3 Å². The molecule has 0 saturated carbocycles. The second-order valence-electron chi connectivity index (χ2n) is 7.54. The van der Waals surface area contributed by atoms with E-state index >= 15 is 0 Å². The van der Waals surface area contributed by atoms with Crippen LogP contribution in [0.5, 0.6) is 5.75 Å². The van der Waals surface area contributed by atoms with Crippen molar-refractivity contribution in [3.05, 3.63) is 70.2 Å². The third-order valence-corrected chi connectivity index (χ3v) is 6.09. The van der Waals surface area contributed by atoms with Crippen LogP contribution < -0.4 is 15.0 Å². The van der Waals surface area contributed by atoms with Gasteiger partial charge in [-0.2, -0.15) is 0 Å². The van der Waals surface area contributed by atoms with Crippen molar-refractivity contribution in [2.45, 2.75) is 39.2 Å². The number of hydrogen-bond donors (Lipinski definition) is 1. The molecule has 1 aliphatic rings. The summed E-state index contributed by atoms with van der Waals surface area (Å²) in [6.07, 6.45) is 5.12. The van der Waals surface area contributed by atoms with Crippen LogP contribution in [-0.4, -0.2) is 24.0 Å². The Bertz CT molecular complexity index is 976. The summed E-state index contributed by atoms with van der Waals surface area (Å²) < 4.78 is 5.88. The lowest BCUT2D eigenvalue weighted by molar-refractivity contribution is 0.102. The average Bonchev–Trinajstić information content (AvgIpc) is 3.00. The quantitative estimate of drug-likeness (QED) is 0.558. The van der Waals surface area contributed by atoms with Gasteiger partial charge in [0.05, 0.1) is 16.3 Å². The highest BCUT2D eigenvalue weighted by atomic mass is 32.1. The van der Waals surface area contributed by atoms with E-state index in [0.29, 0.717) is 17.9 Å². The van der Waals surface area contributed by atoms with Crippen molar-refractivity contribution in [3.8, 4) is 5.75 Å². The van der Waals surface area contributed by atoms with E-state index in [1.54, 1.807) is 17.4 Å². The minimum Gasteiger partial charge on any atom is -0.486 e. The molecule has 5 nitrogen and oxygen atoms in total. The van der Waals surface area contributed by atoms with E-state index in [9.17, 15) is 4.79 Å². The fourth-order valence-electron chi connectivity index (χ4n) is 3.69. The van der Waals surface area contributed by atoms with Gasteiger partial charge in [-0.05, 0) is 56.2 Å². The fraction of sp³-hybridized carbons (Fsp3) is 0.333. The van der Waals surface area contributed by atoms with Crippen molar-refractivity contribution in [3.63, 3.8) is 0 Å². The minimum atomic E-state index is -0.178. The van der Waals surface area contributed by atoms with Crippen LogP contribution in [0.2, 0.25) is 0 Å². The Morgan fingerprint density at radius 1 is 1.07 bits per heavy atom. The number of aryl methyl sites for hydroxylation is 1. The van der Waals surface area contributed by atoms with Gasteiger partial charge in [0.15, 0.2) is 0 Å². The second-order valence-corrected chi connectivity index (χ2v) is 8.61. The van der Waals surface area contributed by atoms with Gasteiger partial charge in [0.2, 0.25) is 0 Å². The van der Waals surface area contributed by atoms with Crippen molar-refractivity contribution < 1.29 is 9.53 Å². The van der Waals surface area contributed by atoms with Crippen LogP contribution in [0.4, 0.5) is 11.4 Å². The number of thiazole rings is 1. The number of rotatable bonds is 6. The highest BCUT2D eigenvalue weighted by molar-refractivity contribution is 7.09. The predicted octanol–water partition coefficient (Wildman–Crippen LogP) is 5.66. The topological polar surface area (TPSA) is 54.5 Å². The maximum atomic E-state index is 12.9. The normalized spacial score (nSPS) is 14.2. The molecule has 0 unspecified atom stereocenters. The van der Waals surface area contributed by atoms with Gasteiger partial charge in [0.1, 0.15) is 12.4 Å². The molecule has 6 heteroatoms. The van der Waals surface area contributed by atoms with E-state index in [1.807, 2.05) is 42.6 Å². The van der Waals surface area contributed by atoms with Crippen LogP contribution in [-0.2, 0) is 6.61 Å². The van der Waals surface area contributed by atoms with E-state index in [-0.39, 0.29) is 5.91 Å². The van der Waals surface area contributed by atoms with Crippen molar-refractivity contribution in [1.82, 2.24) is 4.98 Å². The molecule has 1 saturated heterocycles. The zero-order valence-corrected chi connectivity index (χ0v) is 18.1. The Labute approximate surface area is 181 Å². The highest BCUT2D eigenvalue weighted by Crippen LogP contribution is 2.24. The first-order valence-corrected chi connectivity index (χ1v) is 11.4. The lowest BCUT2D eigenvalue weighted by Crippen LogP contribution is -2.23. The zero-order chi connectivity index (χ0) is 20.8. The number of amides is 1. The number of carbonyl (C=O) groups is 1. The smallest absolute Gasteiger partial charge is 0.259 e. The van der Waals surface area contributed by atoms with E-state index in [2.05, 4.69) is 27.3 Å². The van der Waals surface area contributed by atoms with Gasteiger partial charge in [-0.3, -0.25) is 4.79 Å². The molecule has 1 aliphatic heterocycles. The monoisotopic (exact) mass is 421 g/mol. The van der Waals surface area contributed by atoms with Crippen LogP contribution in [0.25, 0.3) is 0 Å². The Balaban J connectivity index is 1.41. The summed E-state index contributed by atoms with van der Waals surface area (Å²) in [5, 5.41) is 5.97. The summed E-state index contributed by atoms with van der Waals surface area (Å²) in [5.74, 6) is 0.379. The number of anilines is 2. The van der Waals surface area contributed by atoms with Crippen LogP contribution in [0, 0.1) is 6.92 Å². The number of para-hydroxylation sites is 1. The van der Waals surface area contributed by atoms with Crippen molar-refractivity contribution in [1.29, 1.82) is 0 Å². The molecule has 30 heavy (non-hydrogen) atoms.